The number of anilines is 1. The van der Waals surface area contributed by atoms with Crippen molar-refractivity contribution in [2.75, 3.05) is 24.5 Å². The number of nitrogens with one attached hydrogen (secondary N) is 3. The van der Waals surface area contributed by atoms with Gasteiger partial charge in [-0.3, -0.25) is 14.5 Å². The average Bonchev–Trinajstić information content (AvgIpc) is 3.40. The van der Waals surface area contributed by atoms with Gasteiger partial charge in [0.15, 0.2) is 0 Å². The predicted octanol–water partition coefficient (Wildman–Crippen LogP) is 1.45. The van der Waals surface area contributed by atoms with Gasteiger partial charge >= 0.3 is 6.03 Å². The van der Waals surface area contributed by atoms with Gasteiger partial charge in [-0.15, -0.1) is 0 Å². The van der Waals surface area contributed by atoms with Gasteiger partial charge in [0.25, 0.3) is 5.91 Å². The van der Waals surface area contributed by atoms with Crippen molar-refractivity contribution >= 4 is 35.3 Å². The number of piperidine rings is 1. The van der Waals surface area contributed by atoms with Crippen LogP contribution < -0.4 is 25.6 Å². The van der Waals surface area contributed by atoms with E-state index in [1.165, 1.54) is 22.7 Å². The maximum atomic E-state index is 13.5. The lowest BCUT2D eigenvalue weighted by molar-refractivity contribution is -0.125. The van der Waals surface area contributed by atoms with E-state index in [0.29, 0.717) is 10.6 Å². The molecule has 1 aromatic rings. The molecule has 3 saturated heterocycles. The Morgan fingerprint density at radius 2 is 2.11 bits per heavy atom. The standard InChI is InChI=1S/C26H33N5O5S/c1-5-20(33)30-11-16(19(32)12-30)28-24(34)23-22-21-18(8-9-27-25(21)37-23)31(26(35)29-22)17-7-6-15(10-14(17)4)36-13(2)3/h5-7,10,13,16,18-19,21,25,27,32H,1,8-9,11-12H2,2-4H3,(H,28,34)(H,29,35)/t16-,18?,19+,21?,25?/m0/s1. The molecule has 0 bridgehead atoms. The van der Waals surface area contributed by atoms with Crippen molar-refractivity contribution in [3.63, 3.8) is 0 Å². The molecule has 0 spiro atoms. The average molecular weight is 528 g/mol. The minimum absolute atomic E-state index is 0.0531. The molecule has 3 unspecified atom stereocenters. The van der Waals surface area contributed by atoms with Gasteiger partial charge in [-0.2, -0.15) is 0 Å². The zero-order valence-electron chi connectivity index (χ0n) is 21.2. The van der Waals surface area contributed by atoms with Gasteiger partial charge in [-0.05, 0) is 63.6 Å². The fraction of sp³-hybridized carbons (Fsp3) is 0.500. The SMILES string of the molecule is C=CC(=O)N1C[C@@H](O)[C@@H](NC(=O)C2=C3NC(=O)N(c4ccc(OC(C)C)cc4C)C4CCNC(S2)C34)C1. The highest BCUT2D eigenvalue weighted by Gasteiger charge is 2.52. The Labute approximate surface area is 220 Å². The number of benzene rings is 1. The summed E-state index contributed by atoms with van der Waals surface area (Å²) in [6.07, 6.45) is 1.12. The highest BCUT2D eigenvalue weighted by molar-refractivity contribution is 8.04. The number of hydrogen-bond acceptors (Lipinski definition) is 7. The Kier molecular flexibility index (Phi) is 6.95. The fourth-order valence-electron chi connectivity index (χ4n) is 5.62. The van der Waals surface area contributed by atoms with Crippen LogP contribution >= 0.6 is 11.8 Å². The van der Waals surface area contributed by atoms with Gasteiger partial charge in [0.05, 0.1) is 34.6 Å². The largest absolute Gasteiger partial charge is 0.491 e. The number of aliphatic hydroxyl groups is 1. The van der Waals surface area contributed by atoms with Crippen LogP contribution in [0.2, 0.25) is 0 Å². The van der Waals surface area contributed by atoms with E-state index in [1.807, 2.05) is 43.9 Å². The summed E-state index contributed by atoms with van der Waals surface area (Å²) in [6.45, 7) is 10.5. The molecule has 4 amide bonds. The molecule has 0 saturated carbocycles. The number of carbonyl (C=O) groups excluding carboxylic acids is 3. The van der Waals surface area contributed by atoms with Crippen LogP contribution in [0, 0.1) is 12.8 Å². The van der Waals surface area contributed by atoms with E-state index >= 15 is 0 Å². The smallest absolute Gasteiger partial charge is 0.326 e. The number of aryl methyl sites for hydroxylation is 1. The summed E-state index contributed by atoms with van der Waals surface area (Å²) < 4.78 is 5.81. The highest BCUT2D eigenvalue weighted by atomic mass is 32.2. The summed E-state index contributed by atoms with van der Waals surface area (Å²) in [6, 6.07) is 4.78. The zero-order chi connectivity index (χ0) is 26.4. The number of ether oxygens (including phenoxy) is 1. The van der Waals surface area contributed by atoms with Crippen LogP contribution in [0.4, 0.5) is 10.5 Å². The Morgan fingerprint density at radius 3 is 2.81 bits per heavy atom. The third-order valence-electron chi connectivity index (χ3n) is 7.24. The highest BCUT2D eigenvalue weighted by Crippen LogP contribution is 2.48. The van der Waals surface area contributed by atoms with Gasteiger partial charge in [0.2, 0.25) is 5.91 Å². The van der Waals surface area contributed by atoms with Crippen LogP contribution in [-0.4, -0.2) is 77.2 Å². The molecule has 0 aromatic heterocycles. The first-order valence-electron chi connectivity index (χ1n) is 12.6. The maximum absolute atomic E-state index is 13.5. The summed E-state index contributed by atoms with van der Waals surface area (Å²) in [5.41, 5.74) is 2.38. The van der Waals surface area contributed by atoms with E-state index in [4.69, 9.17) is 4.74 Å². The van der Waals surface area contributed by atoms with E-state index < -0.39 is 12.1 Å². The Balaban J connectivity index is 1.38. The minimum atomic E-state index is -0.875. The topological polar surface area (TPSA) is 123 Å². The Hall–Kier alpha value is -3.02. The lowest BCUT2D eigenvalue weighted by Crippen LogP contribution is -2.62. The molecule has 3 fully saturated rings. The zero-order valence-corrected chi connectivity index (χ0v) is 22.0. The van der Waals surface area contributed by atoms with Crippen molar-refractivity contribution in [1.29, 1.82) is 0 Å². The molecule has 4 aliphatic heterocycles. The van der Waals surface area contributed by atoms with Gasteiger partial charge < -0.3 is 30.7 Å². The van der Waals surface area contributed by atoms with Crippen molar-refractivity contribution in [3.8, 4) is 5.75 Å². The molecule has 0 radical (unpaired) electrons. The van der Waals surface area contributed by atoms with E-state index in [2.05, 4.69) is 22.5 Å². The molecular formula is C26H33N5O5S. The number of aliphatic hydroxyl groups excluding tert-OH is 1. The molecule has 4 aliphatic rings. The van der Waals surface area contributed by atoms with Gasteiger partial charge in [-0.1, -0.05) is 18.3 Å². The summed E-state index contributed by atoms with van der Waals surface area (Å²) in [7, 11) is 0. The molecule has 11 heteroatoms. The Bertz CT molecular complexity index is 1170. The molecule has 5 atom stereocenters. The van der Waals surface area contributed by atoms with Crippen molar-refractivity contribution in [1.82, 2.24) is 20.9 Å². The molecule has 1 aromatic carbocycles. The molecule has 0 aliphatic carbocycles. The third-order valence-corrected chi connectivity index (χ3v) is 8.59. The first-order valence-corrected chi connectivity index (χ1v) is 13.5. The number of amides is 4. The second-order valence-corrected chi connectivity index (χ2v) is 11.3. The predicted molar refractivity (Wildman–Crippen MR) is 141 cm³/mol. The van der Waals surface area contributed by atoms with E-state index in [0.717, 1.165) is 30.0 Å². The molecule has 10 nitrogen and oxygen atoms in total. The number of urea groups is 1. The number of thioether (sulfide) groups is 1. The van der Waals surface area contributed by atoms with E-state index in [9.17, 15) is 19.5 Å². The summed E-state index contributed by atoms with van der Waals surface area (Å²) in [4.78, 5) is 42.5. The van der Waals surface area contributed by atoms with Crippen LogP contribution in [0.3, 0.4) is 0 Å². The number of hydrogen-bond donors (Lipinski definition) is 4. The molecule has 37 heavy (non-hydrogen) atoms. The second kappa shape index (κ2) is 10.0. The van der Waals surface area contributed by atoms with Crippen molar-refractivity contribution in [2.24, 2.45) is 5.92 Å². The minimum Gasteiger partial charge on any atom is -0.491 e. The lowest BCUT2D eigenvalue weighted by atomic mass is 9.86. The molecule has 5 rings (SSSR count). The van der Waals surface area contributed by atoms with Crippen LogP contribution in [0.25, 0.3) is 0 Å². The van der Waals surface area contributed by atoms with Gasteiger partial charge in [0.1, 0.15) is 5.75 Å². The summed E-state index contributed by atoms with van der Waals surface area (Å²) >= 11 is 1.40. The molecular weight excluding hydrogens is 494 g/mol. The molecule has 198 valence electrons. The number of β-amino-alcohol motifs (C(OH)–C–C–N with tert-alkyl or cyclic N) is 1. The lowest BCUT2D eigenvalue weighted by Gasteiger charge is -2.46. The van der Waals surface area contributed by atoms with E-state index in [1.54, 1.807) is 0 Å². The second-order valence-electron chi connectivity index (χ2n) is 10.1. The van der Waals surface area contributed by atoms with Crippen molar-refractivity contribution in [3.05, 3.63) is 47.0 Å². The quantitative estimate of drug-likeness (QED) is 0.413. The van der Waals surface area contributed by atoms with Crippen LogP contribution in [0.5, 0.6) is 5.75 Å². The normalized spacial score (nSPS) is 28.8. The molecule has 4 heterocycles. The Morgan fingerprint density at radius 1 is 1.32 bits per heavy atom. The first kappa shape index (κ1) is 25.6. The first-order chi connectivity index (χ1) is 17.7. The number of nitrogens with zero attached hydrogens (tertiary/aromatic N) is 2. The summed E-state index contributed by atoms with van der Waals surface area (Å²) in [5, 5.41) is 19.7. The monoisotopic (exact) mass is 527 g/mol. The third kappa shape index (κ3) is 4.71. The van der Waals surface area contributed by atoms with Crippen molar-refractivity contribution in [2.45, 2.75) is 56.9 Å². The van der Waals surface area contributed by atoms with Crippen LogP contribution in [0.15, 0.2) is 41.5 Å². The van der Waals surface area contributed by atoms with Crippen LogP contribution in [-0.2, 0) is 9.59 Å². The number of carbonyl (C=O) groups is 3. The van der Waals surface area contributed by atoms with Crippen LogP contribution in [0.1, 0.15) is 25.8 Å². The maximum Gasteiger partial charge on any atom is 0.326 e. The summed E-state index contributed by atoms with van der Waals surface area (Å²) in [5.74, 6) is 0.0303. The van der Waals surface area contributed by atoms with E-state index in [-0.39, 0.29) is 54.4 Å². The van der Waals surface area contributed by atoms with Crippen molar-refractivity contribution < 1.29 is 24.2 Å². The molecule has 4 N–H and O–H groups in total. The van der Waals surface area contributed by atoms with Gasteiger partial charge in [-0.25, -0.2) is 4.79 Å². The fourth-order valence-corrected chi connectivity index (χ4v) is 7.02. The number of likely N-dealkylation sites (tertiary alicyclic amines) is 1. The number of rotatable bonds is 6. The van der Waals surface area contributed by atoms with Gasteiger partial charge in [0, 0.05) is 30.4 Å².